The number of ether oxygens (including phenoxy) is 1. The van der Waals surface area contributed by atoms with E-state index in [1.165, 1.54) is 4.90 Å². The summed E-state index contributed by atoms with van der Waals surface area (Å²) in [6.45, 7) is 5.99. The average Bonchev–Trinajstić information content (AvgIpc) is 2.45. The van der Waals surface area contributed by atoms with E-state index in [9.17, 15) is 9.59 Å². The molecule has 0 radical (unpaired) electrons. The summed E-state index contributed by atoms with van der Waals surface area (Å²) in [7, 11) is 0. The first-order chi connectivity index (χ1) is 9.97. The molecule has 0 aliphatic heterocycles. The quantitative estimate of drug-likeness (QED) is 0.799. The van der Waals surface area contributed by atoms with E-state index in [2.05, 4.69) is 6.92 Å². The third-order valence-electron chi connectivity index (χ3n) is 3.33. The van der Waals surface area contributed by atoms with E-state index >= 15 is 0 Å². The summed E-state index contributed by atoms with van der Waals surface area (Å²) in [5.41, 5.74) is 1.14. The molecule has 0 bridgehead atoms. The molecule has 0 saturated heterocycles. The second-order valence-electron chi connectivity index (χ2n) is 4.92. The first-order valence-corrected chi connectivity index (χ1v) is 7.20. The van der Waals surface area contributed by atoms with Crippen LogP contribution in [0.4, 0.5) is 0 Å². The van der Waals surface area contributed by atoms with Crippen molar-refractivity contribution in [1.82, 2.24) is 4.90 Å². The number of amides is 1. The molecule has 1 aromatic carbocycles. The number of carbonyl (C=O) groups is 2. The molecule has 0 saturated carbocycles. The highest BCUT2D eigenvalue weighted by atomic mass is 16.5. The molecule has 0 aliphatic rings. The molecular formula is C16H23NO4. The van der Waals surface area contributed by atoms with Crippen molar-refractivity contribution < 1.29 is 19.4 Å². The summed E-state index contributed by atoms with van der Waals surface area (Å²) in [4.78, 5) is 24.4. The summed E-state index contributed by atoms with van der Waals surface area (Å²) in [6.07, 6.45) is 0.840. The summed E-state index contributed by atoms with van der Waals surface area (Å²) >= 11 is 0. The highest BCUT2D eigenvalue weighted by Gasteiger charge is 2.21. The van der Waals surface area contributed by atoms with E-state index in [1.54, 1.807) is 6.92 Å². The van der Waals surface area contributed by atoms with Gasteiger partial charge >= 0.3 is 5.97 Å². The molecule has 0 fully saturated rings. The fraction of sp³-hybridized carbons (Fsp3) is 0.500. The third kappa shape index (κ3) is 5.45. The summed E-state index contributed by atoms with van der Waals surface area (Å²) < 4.78 is 5.51. The van der Waals surface area contributed by atoms with Gasteiger partial charge < -0.3 is 14.7 Å². The van der Waals surface area contributed by atoms with Crippen molar-refractivity contribution >= 4 is 11.9 Å². The minimum absolute atomic E-state index is 0.0646. The Morgan fingerprint density at radius 1 is 1.33 bits per heavy atom. The lowest BCUT2D eigenvalue weighted by molar-refractivity contribution is -0.141. The van der Waals surface area contributed by atoms with Crippen molar-refractivity contribution in [2.75, 3.05) is 13.2 Å². The maximum absolute atomic E-state index is 12.1. The van der Waals surface area contributed by atoms with Crippen LogP contribution in [0.2, 0.25) is 0 Å². The van der Waals surface area contributed by atoms with Gasteiger partial charge in [-0.05, 0) is 38.0 Å². The second-order valence-corrected chi connectivity index (χ2v) is 4.92. The third-order valence-corrected chi connectivity index (χ3v) is 3.33. The zero-order valence-electron chi connectivity index (χ0n) is 12.8. The molecule has 1 rings (SSSR count). The number of carbonyl (C=O) groups excluding carboxylic acids is 1. The maximum Gasteiger partial charge on any atom is 0.305 e. The van der Waals surface area contributed by atoms with E-state index in [-0.39, 0.29) is 25.0 Å². The molecule has 0 aliphatic carbocycles. The molecule has 5 heteroatoms. The number of aliphatic carboxylic acids is 1. The normalized spacial score (nSPS) is 11.8. The van der Waals surface area contributed by atoms with Crippen LogP contribution in [-0.4, -0.2) is 41.1 Å². The lowest BCUT2D eigenvalue weighted by Gasteiger charge is -2.27. The smallest absolute Gasteiger partial charge is 0.305 e. The number of carboxylic acid groups (broad SMARTS) is 1. The van der Waals surface area contributed by atoms with Gasteiger partial charge in [0.1, 0.15) is 5.75 Å². The first kappa shape index (κ1) is 17.0. The van der Waals surface area contributed by atoms with Gasteiger partial charge in [0.25, 0.3) is 5.91 Å². The average molecular weight is 293 g/mol. The van der Waals surface area contributed by atoms with E-state index in [1.807, 2.05) is 31.2 Å². The molecule has 1 unspecified atom stereocenters. The fourth-order valence-corrected chi connectivity index (χ4v) is 2.18. The van der Waals surface area contributed by atoms with Crippen LogP contribution < -0.4 is 4.74 Å². The number of hydrogen-bond donors (Lipinski definition) is 1. The van der Waals surface area contributed by atoms with E-state index in [0.717, 1.165) is 12.0 Å². The largest absolute Gasteiger partial charge is 0.484 e. The molecule has 5 nitrogen and oxygen atoms in total. The van der Waals surface area contributed by atoms with E-state index in [4.69, 9.17) is 9.84 Å². The van der Waals surface area contributed by atoms with Gasteiger partial charge in [-0.25, -0.2) is 0 Å². The van der Waals surface area contributed by atoms with Crippen LogP contribution in [0, 0.1) is 0 Å². The van der Waals surface area contributed by atoms with Gasteiger partial charge in [-0.2, -0.15) is 0 Å². The Morgan fingerprint density at radius 3 is 2.62 bits per heavy atom. The predicted octanol–water partition coefficient (Wildman–Crippen LogP) is 2.34. The van der Waals surface area contributed by atoms with Gasteiger partial charge in [0.2, 0.25) is 0 Å². The zero-order valence-corrected chi connectivity index (χ0v) is 12.8. The second kappa shape index (κ2) is 8.29. The van der Waals surface area contributed by atoms with Crippen LogP contribution >= 0.6 is 0 Å². The first-order valence-electron chi connectivity index (χ1n) is 7.20. The Balaban J connectivity index is 2.59. The summed E-state index contributed by atoms with van der Waals surface area (Å²) in [5.74, 6) is -0.455. The molecule has 116 valence electrons. The lowest BCUT2D eigenvalue weighted by Crippen LogP contribution is -2.42. The van der Waals surface area contributed by atoms with Gasteiger partial charge in [-0.3, -0.25) is 9.59 Å². The Kier molecular flexibility index (Phi) is 6.72. The van der Waals surface area contributed by atoms with E-state index in [0.29, 0.717) is 12.3 Å². The monoisotopic (exact) mass is 293 g/mol. The van der Waals surface area contributed by atoms with Crippen molar-refractivity contribution in [3.05, 3.63) is 29.8 Å². The summed E-state index contributed by atoms with van der Waals surface area (Å²) in [6, 6.07) is 7.27. The molecule has 0 aromatic heterocycles. The van der Waals surface area contributed by atoms with Crippen molar-refractivity contribution in [3.63, 3.8) is 0 Å². The Morgan fingerprint density at radius 2 is 2.05 bits per heavy atom. The zero-order chi connectivity index (χ0) is 15.8. The number of carboxylic acids is 1. The van der Waals surface area contributed by atoms with Gasteiger partial charge in [-0.1, -0.05) is 19.1 Å². The number of aryl methyl sites for hydroxylation is 1. The molecule has 0 spiro atoms. The molecule has 1 N–H and O–H groups in total. The van der Waals surface area contributed by atoms with Crippen LogP contribution in [0.15, 0.2) is 24.3 Å². The van der Waals surface area contributed by atoms with Crippen molar-refractivity contribution in [2.45, 2.75) is 39.7 Å². The van der Waals surface area contributed by atoms with E-state index < -0.39 is 5.97 Å². The maximum atomic E-state index is 12.1. The van der Waals surface area contributed by atoms with Gasteiger partial charge in [0.15, 0.2) is 6.61 Å². The number of hydrogen-bond acceptors (Lipinski definition) is 3. The number of rotatable bonds is 8. The lowest BCUT2D eigenvalue weighted by atomic mass is 10.2. The van der Waals surface area contributed by atoms with Gasteiger partial charge in [-0.15, -0.1) is 0 Å². The standard InChI is InChI=1S/C16H23NO4/c1-4-13-7-6-8-14(10-13)21-11-15(18)17(5-2)12(3)9-16(19)20/h6-8,10,12H,4-5,9,11H2,1-3H3,(H,19,20). The highest BCUT2D eigenvalue weighted by Crippen LogP contribution is 2.14. The molecule has 21 heavy (non-hydrogen) atoms. The Hall–Kier alpha value is -2.04. The van der Waals surface area contributed by atoms with Crippen molar-refractivity contribution in [2.24, 2.45) is 0 Å². The van der Waals surface area contributed by atoms with Crippen molar-refractivity contribution in [3.8, 4) is 5.75 Å². The van der Waals surface area contributed by atoms with Crippen LogP contribution in [0.5, 0.6) is 5.75 Å². The Labute approximate surface area is 125 Å². The van der Waals surface area contributed by atoms with Gasteiger partial charge in [0, 0.05) is 12.6 Å². The number of nitrogens with zero attached hydrogens (tertiary/aromatic N) is 1. The van der Waals surface area contributed by atoms with Crippen molar-refractivity contribution in [1.29, 1.82) is 0 Å². The minimum atomic E-state index is -0.912. The summed E-state index contributed by atoms with van der Waals surface area (Å²) in [5, 5.41) is 8.81. The molecule has 1 amide bonds. The SMILES string of the molecule is CCc1cccc(OCC(=O)N(CC)C(C)CC(=O)O)c1. The van der Waals surface area contributed by atoms with Gasteiger partial charge in [0.05, 0.1) is 6.42 Å². The predicted molar refractivity (Wildman–Crippen MR) is 80.4 cm³/mol. The molecular weight excluding hydrogens is 270 g/mol. The number of likely N-dealkylation sites (N-methyl/N-ethyl adjacent to an activating group) is 1. The number of benzene rings is 1. The minimum Gasteiger partial charge on any atom is -0.484 e. The topological polar surface area (TPSA) is 66.8 Å². The van der Waals surface area contributed by atoms with Crippen LogP contribution in [0.1, 0.15) is 32.8 Å². The molecule has 0 heterocycles. The molecule has 1 aromatic rings. The highest BCUT2D eigenvalue weighted by molar-refractivity contribution is 5.79. The molecule has 1 atom stereocenters. The van der Waals surface area contributed by atoms with Crippen LogP contribution in [0.25, 0.3) is 0 Å². The fourth-order valence-electron chi connectivity index (χ4n) is 2.18. The van der Waals surface area contributed by atoms with Crippen LogP contribution in [-0.2, 0) is 16.0 Å². The Bertz CT molecular complexity index is 487. The van der Waals surface area contributed by atoms with Crippen LogP contribution in [0.3, 0.4) is 0 Å².